The number of hydrogen-bond donors (Lipinski definition) is 0. The standard InChI is InChI=1S/C19H26O/c1-3-14-4-5-18-13-17(7-6-16(18)12-14)15-8-10-19(20-2)11-9-15/h3,8-11,14,16-18H,1,4-7,12-13H2,2H3. The fraction of sp³-hybridized carbons (Fsp3) is 0.579. The van der Waals surface area contributed by atoms with Gasteiger partial charge in [0.15, 0.2) is 0 Å². The number of ether oxygens (including phenoxy) is 1. The predicted molar refractivity (Wildman–Crippen MR) is 84.1 cm³/mol. The van der Waals surface area contributed by atoms with Crippen LogP contribution in [0.3, 0.4) is 0 Å². The molecular weight excluding hydrogens is 244 g/mol. The highest BCUT2D eigenvalue weighted by Crippen LogP contribution is 2.47. The van der Waals surface area contributed by atoms with Crippen LogP contribution in [0.4, 0.5) is 0 Å². The Balaban J connectivity index is 1.65. The number of allylic oxidation sites excluding steroid dienone is 1. The van der Waals surface area contributed by atoms with Gasteiger partial charge in [-0.2, -0.15) is 0 Å². The smallest absolute Gasteiger partial charge is 0.118 e. The zero-order chi connectivity index (χ0) is 13.9. The summed E-state index contributed by atoms with van der Waals surface area (Å²) in [6.45, 7) is 3.99. The third-order valence-electron chi connectivity index (χ3n) is 5.57. The van der Waals surface area contributed by atoms with Crippen LogP contribution in [0.25, 0.3) is 0 Å². The quantitative estimate of drug-likeness (QED) is 0.687. The van der Waals surface area contributed by atoms with Crippen molar-refractivity contribution in [2.45, 2.75) is 44.4 Å². The van der Waals surface area contributed by atoms with Crippen molar-refractivity contribution in [2.24, 2.45) is 17.8 Å². The van der Waals surface area contributed by atoms with E-state index in [2.05, 4.69) is 36.9 Å². The van der Waals surface area contributed by atoms with E-state index in [0.29, 0.717) is 0 Å². The molecule has 1 nitrogen and oxygen atoms in total. The van der Waals surface area contributed by atoms with Gasteiger partial charge in [0.25, 0.3) is 0 Å². The van der Waals surface area contributed by atoms with Gasteiger partial charge in [-0.3, -0.25) is 0 Å². The van der Waals surface area contributed by atoms with Crippen molar-refractivity contribution < 1.29 is 4.74 Å². The molecule has 4 unspecified atom stereocenters. The Morgan fingerprint density at radius 2 is 1.70 bits per heavy atom. The van der Waals surface area contributed by atoms with Crippen LogP contribution in [-0.4, -0.2) is 7.11 Å². The number of rotatable bonds is 3. The van der Waals surface area contributed by atoms with Crippen LogP contribution in [0.5, 0.6) is 5.75 Å². The average molecular weight is 270 g/mol. The zero-order valence-electron chi connectivity index (χ0n) is 12.6. The van der Waals surface area contributed by atoms with E-state index >= 15 is 0 Å². The molecule has 1 aromatic rings. The van der Waals surface area contributed by atoms with E-state index < -0.39 is 0 Å². The highest BCUT2D eigenvalue weighted by Gasteiger charge is 2.35. The molecule has 2 aliphatic rings. The zero-order valence-corrected chi connectivity index (χ0v) is 12.6. The van der Waals surface area contributed by atoms with Gasteiger partial charge < -0.3 is 4.74 Å². The van der Waals surface area contributed by atoms with E-state index in [4.69, 9.17) is 4.74 Å². The summed E-state index contributed by atoms with van der Waals surface area (Å²) in [5.74, 6) is 4.43. The molecule has 0 saturated heterocycles. The Hall–Kier alpha value is -1.24. The molecule has 0 radical (unpaired) electrons. The Labute approximate surface area is 123 Å². The van der Waals surface area contributed by atoms with Gasteiger partial charge in [-0.1, -0.05) is 18.2 Å². The maximum Gasteiger partial charge on any atom is 0.118 e. The van der Waals surface area contributed by atoms with Crippen molar-refractivity contribution in [1.82, 2.24) is 0 Å². The van der Waals surface area contributed by atoms with E-state index in [9.17, 15) is 0 Å². The van der Waals surface area contributed by atoms with Crippen molar-refractivity contribution in [3.63, 3.8) is 0 Å². The minimum Gasteiger partial charge on any atom is -0.497 e. The molecular formula is C19H26O. The highest BCUT2D eigenvalue weighted by molar-refractivity contribution is 5.29. The van der Waals surface area contributed by atoms with E-state index in [0.717, 1.165) is 29.4 Å². The number of hydrogen-bond acceptors (Lipinski definition) is 1. The summed E-state index contributed by atoms with van der Waals surface area (Å²) in [6.07, 6.45) is 10.5. The Morgan fingerprint density at radius 3 is 2.40 bits per heavy atom. The van der Waals surface area contributed by atoms with E-state index in [1.54, 1.807) is 7.11 Å². The SMILES string of the molecule is C=CC1CCC2CC(c3ccc(OC)cc3)CCC2C1. The molecule has 0 aromatic heterocycles. The molecule has 3 rings (SSSR count). The lowest BCUT2D eigenvalue weighted by molar-refractivity contribution is 0.133. The van der Waals surface area contributed by atoms with E-state index in [1.165, 1.54) is 44.1 Å². The minimum absolute atomic E-state index is 0.766. The molecule has 4 atom stereocenters. The van der Waals surface area contributed by atoms with Crippen LogP contribution in [0.15, 0.2) is 36.9 Å². The molecule has 2 saturated carbocycles. The molecule has 0 spiro atoms. The van der Waals surface area contributed by atoms with Gasteiger partial charge in [0.1, 0.15) is 5.75 Å². The summed E-state index contributed by atoms with van der Waals surface area (Å²) in [7, 11) is 1.73. The van der Waals surface area contributed by atoms with Gasteiger partial charge in [0.05, 0.1) is 7.11 Å². The van der Waals surface area contributed by atoms with Crippen LogP contribution < -0.4 is 4.74 Å². The summed E-state index contributed by atoms with van der Waals surface area (Å²) < 4.78 is 5.26. The molecule has 1 aromatic carbocycles. The first-order chi connectivity index (χ1) is 9.80. The number of fused-ring (bicyclic) bond motifs is 1. The fourth-order valence-electron chi connectivity index (χ4n) is 4.32. The van der Waals surface area contributed by atoms with Gasteiger partial charge in [0, 0.05) is 0 Å². The summed E-state index contributed by atoms with van der Waals surface area (Å²) in [5.41, 5.74) is 1.51. The molecule has 2 fully saturated rings. The molecule has 0 heterocycles. The first-order valence-corrected chi connectivity index (χ1v) is 8.06. The third-order valence-corrected chi connectivity index (χ3v) is 5.57. The maximum absolute atomic E-state index is 5.26. The van der Waals surface area contributed by atoms with Crippen LogP contribution in [0.1, 0.15) is 50.0 Å². The second-order valence-corrected chi connectivity index (χ2v) is 6.61. The molecule has 0 N–H and O–H groups in total. The summed E-state index contributed by atoms with van der Waals surface area (Å²) in [6, 6.07) is 8.74. The molecule has 20 heavy (non-hydrogen) atoms. The van der Waals surface area contributed by atoms with Gasteiger partial charge >= 0.3 is 0 Å². The summed E-state index contributed by atoms with van der Waals surface area (Å²) in [4.78, 5) is 0. The lowest BCUT2D eigenvalue weighted by atomic mass is 9.64. The molecule has 2 aliphatic carbocycles. The molecule has 0 aliphatic heterocycles. The Morgan fingerprint density at radius 1 is 1.00 bits per heavy atom. The maximum atomic E-state index is 5.26. The Bertz CT molecular complexity index is 447. The van der Waals surface area contributed by atoms with E-state index in [-0.39, 0.29) is 0 Å². The lowest BCUT2D eigenvalue weighted by Gasteiger charge is -2.41. The first-order valence-electron chi connectivity index (χ1n) is 8.06. The van der Waals surface area contributed by atoms with Crippen molar-refractivity contribution in [3.05, 3.63) is 42.5 Å². The van der Waals surface area contributed by atoms with Crippen molar-refractivity contribution in [3.8, 4) is 5.75 Å². The van der Waals surface area contributed by atoms with Gasteiger partial charge in [0.2, 0.25) is 0 Å². The molecule has 0 amide bonds. The van der Waals surface area contributed by atoms with Gasteiger partial charge in [-0.05, 0) is 79.9 Å². The second kappa shape index (κ2) is 6.03. The highest BCUT2D eigenvalue weighted by atomic mass is 16.5. The normalized spacial score (nSPS) is 33.2. The van der Waals surface area contributed by atoms with Gasteiger partial charge in [-0.25, -0.2) is 0 Å². The summed E-state index contributed by atoms with van der Waals surface area (Å²) >= 11 is 0. The molecule has 0 bridgehead atoms. The van der Waals surface area contributed by atoms with Crippen molar-refractivity contribution in [1.29, 1.82) is 0 Å². The van der Waals surface area contributed by atoms with Crippen LogP contribution in [0, 0.1) is 17.8 Å². The third kappa shape index (κ3) is 2.77. The van der Waals surface area contributed by atoms with Crippen LogP contribution in [-0.2, 0) is 0 Å². The van der Waals surface area contributed by atoms with E-state index in [1.807, 2.05) is 0 Å². The average Bonchev–Trinajstić information content (AvgIpc) is 2.54. The monoisotopic (exact) mass is 270 g/mol. The lowest BCUT2D eigenvalue weighted by Crippen LogP contribution is -2.29. The number of benzene rings is 1. The minimum atomic E-state index is 0.766. The summed E-state index contributed by atoms with van der Waals surface area (Å²) in [5, 5.41) is 0. The van der Waals surface area contributed by atoms with Crippen molar-refractivity contribution in [2.75, 3.05) is 7.11 Å². The number of methoxy groups -OCH3 is 1. The first kappa shape index (κ1) is 13.7. The topological polar surface area (TPSA) is 9.23 Å². The van der Waals surface area contributed by atoms with Crippen molar-refractivity contribution >= 4 is 0 Å². The molecule has 1 heteroatoms. The molecule has 108 valence electrons. The van der Waals surface area contributed by atoms with Crippen LogP contribution in [0.2, 0.25) is 0 Å². The second-order valence-electron chi connectivity index (χ2n) is 6.61. The van der Waals surface area contributed by atoms with Crippen LogP contribution >= 0.6 is 0 Å². The fourth-order valence-corrected chi connectivity index (χ4v) is 4.32. The largest absolute Gasteiger partial charge is 0.497 e. The predicted octanol–water partition coefficient (Wildman–Crippen LogP) is 5.18. The Kier molecular flexibility index (Phi) is 4.14. The van der Waals surface area contributed by atoms with Gasteiger partial charge in [-0.15, -0.1) is 6.58 Å².